The zero-order chi connectivity index (χ0) is 30.1. The highest BCUT2D eigenvalue weighted by Crippen LogP contribution is 2.20. The quantitative estimate of drug-likeness (QED) is 0.420. The predicted octanol–water partition coefficient (Wildman–Crippen LogP) is 2.32. The van der Waals surface area contributed by atoms with E-state index < -0.39 is 24.0 Å². The molecule has 4 bridgehead atoms. The zero-order valence-corrected chi connectivity index (χ0v) is 24.6. The lowest BCUT2D eigenvalue weighted by atomic mass is 10.1. The molecule has 0 radical (unpaired) electrons. The molecule has 12 heteroatoms. The number of fused-ring (bicyclic) bond motifs is 4. The molecule has 1 aliphatic rings. The van der Waals surface area contributed by atoms with Gasteiger partial charge in [0.05, 0.1) is 18.4 Å². The minimum Gasteiger partial charge on any atom is -0.493 e. The van der Waals surface area contributed by atoms with Gasteiger partial charge in [-0.2, -0.15) is 0 Å². The zero-order valence-electron chi connectivity index (χ0n) is 23.9. The van der Waals surface area contributed by atoms with Crippen molar-refractivity contribution in [2.45, 2.75) is 58.2 Å². The number of amides is 3. The fraction of sp³-hybridized carbons (Fsp3) is 0.433. The van der Waals surface area contributed by atoms with E-state index in [2.05, 4.69) is 20.9 Å². The highest BCUT2D eigenvalue weighted by Gasteiger charge is 2.26. The first-order valence-electron chi connectivity index (χ1n) is 14.1. The summed E-state index contributed by atoms with van der Waals surface area (Å²) in [4.78, 5) is 40.9. The molecule has 0 spiro atoms. The van der Waals surface area contributed by atoms with Crippen molar-refractivity contribution in [2.24, 2.45) is 0 Å². The molecule has 0 saturated carbocycles. The Morgan fingerprint density at radius 3 is 2.81 bits per heavy atom. The second kappa shape index (κ2) is 14.8. The Hall–Kier alpha value is -3.96. The summed E-state index contributed by atoms with van der Waals surface area (Å²) in [6.45, 7) is 5.08. The van der Waals surface area contributed by atoms with Gasteiger partial charge >= 0.3 is 0 Å². The van der Waals surface area contributed by atoms with Crippen molar-refractivity contribution in [3.05, 3.63) is 76.1 Å². The van der Waals surface area contributed by atoms with Crippen LogP contribution in [-0.2, 0) is 29.0 Å². The molecule has 4 rings (SSSR count). The normalized spacial score (nSPS) is 17.9. The number of aromatic nitrogens is 3. The van der Waals surface area contributed by atoms with Gasteiger partial charge < -0.3 is 25.4 Å². The SMILES string of the molecule is Cc1ccc2cc1OCCCn1cc(nn1)CCN(C(=O)CCc1cccc(Cl)c1)CCNC(=O)[C@H]([C@@H](C)O)NC2=O. The predicted molar refractivity (Wildman–Crippen MR) is 157 cm³/mol. The number of aliphatic hydroxyl groups is 1. The average molecular weight is 597 g/mol. The lowest BCUT2D eigenvalue weighted by molar-refractivity contribution is -0.132. The number of aliphatic hydroxyl groups excluding tert-OH is 1. The third kappa shape index (κ3) is 8.77. The summed E-state index contributed by atoms with van der Waals surface area (Å²) in [6.07, 6.45) is 2.66. The van der Waals surface area contributed by atoms with Crippen LogP contribution in [0.4, 0.5) is 0 Å². The maximum absolute atomic E-state index is 13.2. The molecule has 3 aromatic rings. The Bertz CT molecular complexity index is 1390. The van der Waals surface area contributed by atoms with Crippen LogP contribution in [0, 0.1) is 6.92 Å². The van der Waals surface area contributed by atoms with Gasteiger partial charge in [-0.15, -0.1) is 5.10 Å². The first-order valence-corrected chi connectivity index (χ1v) is 14.5. The average Bonchev–Trinajstić information content (AvgIpc) is 3.42. The first kappa shape index (κ1) is 31.0. The molecule has 0 aliphatic carbocycles. The number of rotatable bonds is 4. The van der Waals surface area contributed by atoms with E-state index in [1.807, 2.05) is 31.3 Å². The van der Waals surface area contributed by atoms with Crippen LogP contribution in [0.15, 0.2) is 48.7 Å². The van der Waals surface area contributed by atoms with Gasteiger partial charge in [0.25, 0.3) is 5.91 Å². The van der Waals surface area contributed by atoms with Gasteiger partial charge in [-0.05, 0) is 55.7 Å². The van der Waals surface area contributed by atoms with Gasteiger partial charge in [-0.1, -0.05) is 35.0 Å². The van der Waals surface area contributed by atoms with E-state index >= 15 is 0 Å². The van der Waals surface area contributed by atoms with Crippen molar-refractivity contribution in [2.75, 3.05) is 26.2 Å². The van der Waals surface area contributed by atoms with E-state index in [-0.39, 0.29) is 25.4 Å². The largest absolute Gasteiger partial charge is 0.493 e. The van der Waals surface area contributed by atoms with Gasteiger partial charge in [-0.3, -0.25) is 19.1 Å². The molecule has 2 heterocycles. The number of aryl methyl sites for hydroxylation is 3. The fourth-order valence-electron chi connectivity index (χ4n) is 4.63. The summed E-state index contributed by atoms with van der Waals surface area (Å²) in [5, 5.41) is 24.8. The number of nitrogens with one attached hydrogen (secondary N) is 2. The fourth-order valence-corrected chi connectivity index (χ4v) is 4.85. The van der Waals surface area contributed by atoms with Crippen LogP contribution in [0.2, 0.25) is 5.02 Å². The van der Waals surface area contributed by atoms with Crippen LogP contribution >= 0.6 is 11.6 Å². The Morgan fingerprint density at radius 1 is 1.19 bits per heavy atom. The van der Waals surface area contributed by atoms with Crippen molar-refractivity contribution in [3.8, 4) is 5.75 Å². The molecule has 0 saturated heterocycles. The number of ether oxygens (including phenoxy) is 1. The van der Waals surface area contributed by atoms with Crippen molar-refractivity contribution in [3.63, 3.8) is 0 Å². The Balaban J connectivity index is 1.49. The summed E-state index contributed by atoms with van der Waals surface area (Å²) in [5.74, 6) is -0.574. The van der Waals surface area contributed by atoms with Crippen LogP contribution in [0.5, 0.6) is 5.75 Å². The molecule has 3 N–H and O–H groups in total. The van der Waals surface area contributed by atoms with E-state index in [9.17, 15) is 19.5 Å². The summed E-state index contributed by atoms with van der Waals surface area (Å²) in [6, 6.07) is 11.3. The van der Waals surface area contributed by atoms with Crippen molar-refractivity contribution < 1.29 is 24.2 Å². The monoisotopic (exact) mass is 596 g/mol. The Labute approximate surface area is 250 Å². The Kier molecular flexibility index (Phi) is 10.9. The van der Waals surface area contributed by atoms with Crippen LogP contribution in [0.25, 0.3) is 0 Å². The molecule has 1 aliphatic heterocycles. The van der Waals surface area contributed by atoms with Crippen LogP contribution in [-0.4, -0.2) is 81.1 Å². The maximum atomic E-state index is 13.2. The Morgan fingerprint density at radius 2 is 2.02 bits per heavy atom. The highest BCUT2D eigenvalue weighted by atomic mass is 35.5. The van der Waals surface area contributed by atoms with Gasteiger partial charge in [0.1, 0.15) is 11.8 Å². The van der Waals surface area contributed by atoms with Crippen LogP contribution < -0.4 is 15.4 Å². The van der Waals surface area contributed by atoms with Gasteiger partial charge in [-0.25, -0.2) is 0 Å². The number of carbonyl (C=O) groups is 3. The molecular weight excluding hydrogens is 560 g/mol. The molecule has 42 heavy (non-hydrogen) atoms. The second-order valence-corrected chi connectivity index (χ2v) is 10.8. The van der Waals surface area contributed by atoms with Crippen molar-refractivity contribution in [1.29, 1.82) is 0 Å². The van der Waals surface area contributed by atoms with Gasteiger partial charge in [0.2, 0.25) is 11.8 Å². The van der Waals surface area contributed by atoms with E-state index in [4.69, 9.17) is 16.3 Å². The third-order valence-corrected chi connectivity index (χ3v) is 7.30. The summed E-state index contributed by atoms with van der Waals surface area (Å²) in [5.41, 5.74) is 2.89. The third-order valence-electron chi connectivity index (χ3n) is 7.07. The summed E-state index contributed by atoms with van der Waals surface area (Å²) >= 11 is 6.09. The van der Waals surface area contributed by atoms with Crippen LogP contribution in [0.3, 0.4) is 0 Å². The number of hydrogen-bond acceptors (Lipinski definition) is 7. The molecule has 2 atom stereocenters. The first-order chi connectivity index (χ1) is 20.2. The molecule has 3 amide bonds. The minimum absolute atomic E-state index is 0.0774. The number of halogens is 1. The van der Waals surface area contributed by atoms with Crippen molar-refractivity contribution >= 4 is 29.3 Å². The molecule has 1 aromatic heterocycles. The molecule has 0 fully saturated rings. The smallest absolute Gasteiger partial charge is 0.252 e. The minimum atomic E-state index is -1.18. The maximum Gasteiger partial charge on any atom is 0.252 e. The molecule has 2 aromatic carbocycles. The van der Waals surface area contributed by atoms with Crippen molar-refractivity contribution in [1.82, 2.24) is 30.5 Å². The number of hydrogen-bond donors (Lipinski definition) is 3. The summed E-state index contributed by atoms with van der Waals surface area (Å²) in [7, 11) is 0. The summed E-state index contributed by atoms with van der Waals surface area (Å²) < 4.78 is 7.68. The number of nitrogens with zero attached hydrogens (tertiary/aromatic N) is 4. The van der Waals surface area contributed by atoms with E-state index in [1.165, 1.54) is 6.92 Å². The van der Waals surface area contributed by atoms with Gasteiger partial charge in [0.15, 0.2) is 0 Å². The second-order valence-electron chi connectivity index (χ2n) is 10.4. The number of carbonyl (C=O) groups excluding carboxylic acids is 3. The lowest BCUT2D eigenvalue weighted by Crippen LogP contribution is -2.53. The molecule has 224 valence electrons. The van der Waals surface area contributed by atoms with E-state index in [1.54, 1.807) is 33.8 Å². The highest BCUT2D eigenvalue weighted by molar-refractivity contribution is 6.30. The van der Waals surface area contributed by atoms with E-state index in [0.29, 0.717) is 55.3 Å². The lowest BCUT2D eigenvalue weighted by Gasteiger charge is -2.25. The molecular formula is C30H37ClN6O5. The molecule has 0 unspecified atom stereocenters. The molecule has 11 nitrogen and oxygen atoms in total. The van der Waals surface area contributed by atoms with E-state index in [0.717, 1.165) is 16.8 Å². The standard InChI is InChI=1S/C30H37ClN6O5/c1-20-7-9-23-18-26(20)42-16-4-13-37-19-25(34-35-37)11-14-36(27(39)10-8-22-5-3-6-24(31)17-22)15-12-32-30(41)28(21(2)38)33-29(23)40/h3,5-7,9,17-19,21,28,38H,4,8,10-16H2,1-2H3,(H,32,41)(H,33,40)/t21-,28+/m1/s1. The van der Waals surface area contributed by atoms with Gasteiger partial charge in [0, 0.05) is 62.2 Å². The van der Waals surface area contributed by atoms with Crippen LogP contribution in [0.1, 0.15) is 46.9 Å². The topological polar surface area (TPSA) is 139 Å². The number of benzene rings is 2.